The molecule has 1 fully saturated rings. The molecule has 0 radical (unpaired) electrons. The summed E-state index contributed by atoms with van der Waals surface area (Å²) in [5.74, 6) is 0. The molecule has 0 spiro atoms. The third-order valence-corrected chi connectivity index (χ3v) is 2.36. The predicted molar refractivity (Wildman–Crippen MR) is 53.0 cm³/mol. The van der Waals surface area contributed by atoms with Crippen molar-refractivity contribution in [3.8, 4) is 0 Å². The van der Waals surface area contributed by atoms with Crippen molar-refractivity contribution >= 4 is 6.03 Å². The summed E-state index contributed by atoms with van der Waals surface area (Å²) in [6, 6.07) is 0.167. The third kappa shape index (κ3) is 2.59. The molecule has 0 aromatic heterocycles. The van der Waals surface area contributed by atoms with Crippen molar-refractivity contribution in [1.82, 2.24) is 9.80 Å². The molecule has 0 aromatic rings. The number of carbonyl (C=O) groups is 1. The van der Waals surface area contributed by atoms with Crippen molar-refractivity contribution in [3.63, 3.8) is 0 Å². The van der Waals surface area contributed by atoms with E-state index in [9.17, 15) is 4.79 Å². The van der Waals surface area contributed by atoms with E-state index in [0.717, 1.165) is 39.3 Å². The lowest BCUT2D eigenvalue weighted by Crippen LogP contribution is -2.47. The molecule has 4 nitrogen and oxygen atoms in total. The highest BCUT2D eigenvalue weighted by molar-refractivity contribution is 5.74. The number of urea groups is 1. The Morgan fingerprint density at radius 2 is 1.85 bits per heavy atom. The lowest BCUT2D eigenvalue weighted by atomic mass is 10.4. The van der Waals surface area contributed by atoms with Crippen LogP contribution in [0.4, 0.5) is 4.79 Å². The van der Waals surface area contributed by atoms with Crippen molar-refractivity contribution in [1.29, 1.82) is 0 Å². The maximum Gasteiger partial charge on any atom is 0.319 e. The standard InChI is InChI=1S/C9H18N3O/c1-3-11(4-2)9(13)12-7-5-10-6-8-12/h3-8H2,1-2H3/q-1. The van der Waals surface area contributed by atoms with Crippen LogP contribution in [0.25, 0.3) is 5.32 Å². The zero-order valence-corrected chi connectivity index (χ0v) is 8.49. The largest absolute Gasteiger partial charge is 0.659 e. The Bertz CT molecular complexity index is 162. The second-order valence-electron chi connectivity index (χ2n) is 3.11. The molecule has 2 amide bonds. The molecule has 0 saturated carbocycles. The smallest absolute Gasteiger partial charge is 0.319 e. The lowest BCUT2D eigenvalue weighted by Gasteiger charge is -2.37. The number of nitrogens with zero attached hydrogens (tertiary/aromatic N) is 3. The monoisotopic (exact) mass is 184 g/mol. The molecule has 76 valence electrons. The first-order valence-electron chi connectivity index (χ1n) is 4.96. The number of piperazine rings is 1. The van der Waals surface area contributed by atoms with Crippen LogP contribution in [-0.4, -0.2) is 55.1 Å². The van der Waals surface area contributed by atoms with Crippen molar-refractivity contribution in [3.05, 3.63) is 5.32 Å². The van der Waals surface area contributed by atoms with Crippen LogP contribution in [0.15, 0.2) is 0 Å². The fourth-order valence-corrected chi connectivity index (χ4v) is 1.49. The maximum absolute atomic E-state index is 11.8. The van der Waals surface area contributed by atoms with Gasteiger partial charge in [0.25, 0.3) is 0 Å². The first-order valence-corrected chi connectivity index (χ1v) is 4.96. The van der Waals surface area contributed by atoms with E-state index in [1.54, 1.807) is 0 Å². The molecular formula is C9H18N3O-. The van der Waals surface area contributed by atoms with Crippen LogP contribution in [0.2, 0.25) is 0 Å². The molecule has 0 N–H and O–H groups in total. The predicted octanol–water partition coefficient (Wildman–Crippen LogP) is 1.14. The minimum atomic E-state index is 0.167. The van der Waals surface area contributed by atoms with Gasteiger partial charge in [0, 0.05) is 26.2 Å². The van der Waals surface area contributed by atoms with Gasteiger partial charge in [0.1, 0.15) is 0 Å². The minimum absolute atomic E-state index is 0.167. The van der Waals surface area contributed by atoms with Gasteiger partial charge in [0.05, 0.1) is 0 Å². The molecule has 13 heavy (non-hydrogen) atoms. The molecule has 0 aromatic carbocycles. The lowest BCUT2D eigenvalue weighted by molar-refractivity contribution is 0.158. The van der Waals surface area contributed by atoms with Crippen LogP contribution >= 0.6 is 0 Å². The minimum Gasteiger partial charge on any atom is -0.659 e. The topological polar surface area (TPSA) is 37.7 Å². The van der Waals surface area contributed by atoms with Gasteiger partial charge < -0.3 is 15.1 Å². The van der Waals surface area contributed by atoms with Crippen LogP contribution in [-0.2, 0) is 0 Å². The SMILES string of the molecule is CCN(CC)C(=O)N1CC[N-]CC1. The molecule has 0 bridgehead atoms. The van der Waals surface area contributed by atoms with Gasteiger partial charge >= 0.3 is 6.03 Å². The van der Waals surface area contributed by atoms with Crippen LogP contribution < -0.4 is 0 Å². The van der Waals surface area contributed by atoms with Gasteiger partial charge in [-0.05, 0) is 13.8 Å². The highest BCUT2D eigenvalue weighted by Crippen LogP contribution is 2.05. The van der Waals surface area contributed by atoms with E-state index in [1.165, 1.54) is 0 Å². The molecule has 4 heteroatoms. The summed E-state index contributed by atoms with van der Waals surface area (Å²) < 4.78 is 0. The normalized spacial score (nSPS) is 17.2. The molecule has 1 saturated heterocycles. The Morgan fingerprint density at radius 1 is 1.31 bits per heavy atom. The van der Waals surface area contributed by atoms with Crippen molar-refractivity contribution in [2.24, 2.45) is 0 Å². The number of amides is 2. The van der Waals surface area contributed by atoms with Crippen LogP contribution in [0.1, 0.15) is 13.8 Å². The van der Waals surface area contributed by atoms with Gasteiger partial charge in [-0.15, -0.1) is 13.1 Å². The van der Waals surface area contributed by atoms with E-state index in [1.807, 2.05) is 23.6 Å². The van der Waals surface area contributed by atoms with Gasteiger partial charge in [-0.2, -0.15) is 0 Å². The average Bonchev–Trinajstić information content (AvgIpc) is 2.21. The van der Waals surface area contributed by atoms with Crippen molar-refractivity contribution in [2.75, 3.05) is 39.3 Å². The van der Waals surface area contributed by atoms with E-state index in [0.29, 0.717) is 0 Å². The number of hydrogen-bond acceptors (Lipinski definition) is 1. The summed E-state index contributed by atoms with van der Waals surface area (Å²) in [7, 11) is 0. The van der Waals surface area contributed by atoms with Gasteiger partial charge in [-0.25, -0.2) is 4.79 Å². The fraction of sp³-hybridized carbons (Fsp3) is 0.889. The summed E-state index contributed by atoms with van der Waals surface area (Å²) in [5.41, 5.74) is 0. The molecule has 1 heterocycles. The van der Waals surface area contributed by atoms with Crippen LogP contribution in [0, 0.1) is 0 Å². The number of hydrogen-bond donors (Lipinski definition) is 0. The molecule has 1 aliphatic rings. The third-order valence-electron chi connectivity index (χ3n) is 2.36. The van der Waals surface area contributed by atoms with Gasteiger partial charge in [0.2, 0.25) is 0 Å². The Kier molecular flexibility index (Phi) is 4.02. The Balaban J connectivity index is 2.44. The van der Waals surface area contributed by atoms with Gasteiger partial charge in [0.15, 0.2) is 0 Å². The first-order chi connectivity index (χ1) is 6.29. The van der Waals surface area contributed by atoms with Crippen molar-refractivity contribution < 1.29 is 4.79 Å². The first kappa shape index (κ1) is 10.3. The summed E-state index contributed by atoms with van der Waals surface area (Å²) in [6.07, 6.45) is 0. The summed E-state index contributed by atoms with van der Waals surface area (Å²) >= 11 is 0. The molecule has 0 atom stereocenters. The zero-order chi connectivity index (χ0) is 9.68. The molecule has 0 aliphatic carbocycles. The number of rotatable bonds is 2. The van der Waals surface area contributed by atoms with E-state index < -0.39 is 0 Å². The van der Waals surface area contributed by atoms with E-state index in [4.69, 9.17) is 0 Å². The maximum atomic E-state index is 11.8. The molecule has 1 rings (SSSR count). The van der Waals surface area contributed by atoms with E-state index in [2.05, 4.69) is 5.32 Å². The average molecular weight is 184 g/mol. The second kappa shape index (κ2) is 5.07. The summed E-state index contributed by atoms with van der Waals surface area (Å²) in [6.45, 7) is 8.78. The van der Waals surface area contributed by atoms with Gasteiger partial charge in [-0.1, -0.05) is 0 Å². The zero-order valence-electron chi connectivity index (χ0n) is 8.49. The highest BCUT2D eigenvalue weighted by atomic mass is 16.2. The summed E-state index contributed by atoms with van der Waals surface area (Å²) in [5, 5.41) is 4.21. The summed E-state index contributed by atoms with van der Waals surface area (Å²) in [4.78, 5) is 15.5. The van der Waals surface area contributed by atoms with E-state index in [-0.39, 0.29) is 6.03 Å². The quantitative estimate of drug-likeness (QED) is 0.634. The molecule has 1 aliphatic heterocycles. The van der Waals surface area contributed by atoms with Crippen LogP contribution in [0.3, 0.4) is 0 Å². The second-order valence-corrected chi connectivity index (χ2v) is 3.11. The highest BCUT2D eigenvalue weighted by Gasteiger charge is 2.16. The van der Waals surface area contributed by atoms with Gasteiger partial charge in [-0.3, -0.25) is 0 Å². The molecule has 0 unspecified atom stereocenters. The molecular weight excluding hydrogens is 166 g/mol. The Morgan fingerprint density at radius 3 is 2.31 bits per heavy atom. The fourth-order valence-electron chi connectivity index (χ4n) is 1.49. The Labute approximate surface area is 79.9 Å². The van der Waals surface area contributed by atoms with Crippen LogP contribution in [0.5, 0.6) is 0 Å². The number of carbonyl (C=O) groups excluding carboxylic acids is 1. The Hall–Kier alpha value is -0.770. The van der Waals surface area contributed by atoms with Crippen molar-refractivity contribution in [2.45, 2.75) is 13.8 Å². The van der Waals surface area contributed by atoms with E-state index >= 15 is 0 Å².